The first-order chi connectivity index (χ1) is 13.8. The standard InChI is InChI=1S/C19H30N4O5S/c1-14-4-2-3-5-16(14)23-18(25)17(24)22(19(23)26)13-20-7-9-21(10-8-20)15-6-11-29(27,28)12-15/h14-16H,2-13H2,1H3/t14-,15-,16-/m1/s1. The van der Waals surface area contributed by atoms with Gasteiger partial charge in [-0.05, 0) is 25.2 Å². The predicted octanol–water partition coefficient (Wildman–Crippen LogP) is 0.118. The zero-order valence-corrected chi connectivity index (χ0v) is 17.8. The van der Waals surface area contributed by atoms with Gasteiger partial charge in [-0.3, -0.25) is 24.3 Å². The molecule has 10 heteroatoms. The molecule has 0 unspecified atom stereocenters. The first-order valence-corrected chi connectivity index (χ1v) is 12.4. The van der Waals surface area contributed by atoms with E-state index in [4.69, 9.17) is 0 Å². The van der Waals surface area contributed by atoms with Crippen LogP contribution in [-0.4, -0.2) is 102 Å². The average molecular weight is 427 g/mol. The van der Waals surface area contributed by atoms with Crippen molar-refractivity contribution in [1.29, 1.82) is 0 Å². The molecule has 3 heterocycles. The highest BCUT2D eigenvalue weighted by Gasteiger charge is 2.49. The van der Waals surface area contributed by atoms with Crippen molar-refractivity contribution >= 4 is 27.7 Å². The maximum atomic E-state index is 12.9. The first kappa shape index (κ1) is 20.7. The van der Waals surface area contributed by atoms with E-state index in [0.717, 1.165) is 30.6 Å². The lowest BCUT2D eigenvalue weighted by Crippen LogP contribution is -2.54. The van der Waals surface area contributed by atoms with Crippen LogP contribution in [0.5, 0.6) is 0 Å². The van der Waals surface area contributed by atoms with Crippen molar-refractivity contribution in [3.8, 4) is 0 Å². The van der Waals surface area contributed by atoms with Gasteiger partial charge in [0.15, 0.2) is 9.84 Å². The molecule has 0 N–H and O–H groups in total. The van der Waals surface area contributed by atoms with Crippen molar-refractivity contribution in [2.24, 2.45) is 5.92 Å². The number of imide groups is 2. The zero-order valence-electron chi connectivity index (χ0n) is 17.0. The SMILES string of the molecule is C[C@@H]1CCCC[C@H]1N1C(=O)C(=O)N(CN2CCN([C@@H]3CCS(=O)(=O)C3)CC2)C1=O. The van der Waals surface area contributed by atoms with E-state index in [9.17, 15) is 22.8 Å². The number of urea groups is 1. The van der Waals surface area contributed by atoms with Gasteiger partial charge in [-0.2, -0.15) is 0 Å². The molecule has 0 aromatic rings. The molecule has 3 saturated heterocycles. The van der Waals surface area contributed by atoms with Gasteiger partial charge in [0.25, 0.3) is 0 Å². The van der Waals surface area contributed by atoms with Gasteiger partial charge < -0.3 is 0 Å². The van der Waals surface area contributed by atoms with Crippen LogP contribution in [0.2, 0.25) is 0 Å². The lowest BCUT2D eigenvalue weighted by molar-refractivity contribution is -0.145. The molecule has 0 aromatic carbocycles. The topological polar surface area (TPSA) is 98.3 Å². The smallest absolute Gasteiger partial charge is 0.297 e. The highest BCUT2D eigenvalue weighted by Crippen LogP contribution is 2.31. The molecule has 4 amide bonds. The van der Waals surface area contributed by atoms with Crippen LogP contribution >= 0.6 is 0 Å². The number of rotatable bonds is 4. The third-order valence-electron chi connectivity index (χ3n) is 6.95. The fraction of sp³-hybridized carbons (Fsp3) is 0.842. The third-order valence-corrected chi connectivity index (χ3v) is 8.71. The summed E-state index contributed by atoms with van der Waals surface area (Å²) in [6.45, 7) is 4.85. The van der Waals surface area contributed by atoms with E-state index in [1.165, 1.54) is 4.90 Å². The summed E-state index contributed by atoms with van der Waals surface area (Å²) in [5, 5.41) is 0. The molecule has 1 aliphatic carbocycles. The molecule has 162 valence electrons. The van der Waals surface area contributed by atoms with Crippen LogP contribution in [0.25, 0.3) is 0 Å². The number of carbonyl (C=O) groups excluding carboxylic acids is 3. The second kappa shape index (κ2) is 7.96. The number of carbonyl (C=O) groups is 3. The van der Waals surface area contributed by atoms with Crippen LogP contribution in [0, 0.1) is 5.92 Å². The van der Waals surface area contributed by atoms with Crippen LogP contribution in [0.15, 0.2) is 0 Å². The minimum absolute atomic E-state index is 0.0714. The third kappa shape index (κ3) is 4.06. The minimum Gasteiger partial charge on any atom is -0.297 e. The molecule has 3 atom stereocenters. The first-order valence-electron chi connectivity index (χ1n) is 10.6. The Bertz CT molecular complexity index is 792. The summed E-state index contributed by atoms with van der Waals surface area (Å²) in [6, 6.07) is -0.594. The molecule has 0 aromatic heterocycles. The maximum Gasteiger partial charge on any atom is 0.335 e. The van der Waals surface area contributed by atoms with Gasteiger partial charge in [-0.15, -0.1) is 0 Å². The quantitative estimate of drug-likeness (QED) is 0.465. The van der Waals surface area contributed by atoms with Gasteiger partial charge in [-0.25, -0.2) is 18.1 Å². The van der Waals surface area contributed by atoms with Crippen molar-refractivity contribution in [3.05, 3.63) is 0 Å². The Morgan fingerprint density at radius 1 is 0.931 bits per heavy atom. The van der Waals surface area contributed by atoms with E-state index in [1.54, 1.807) is 0 Å². The molecular weight excluding hydrogens is 396 g/mol. The summed E-state index contributed by atoms with van der Waals surface area (Å²) in [5.74, 6) is -0.720. The molecule has 9 nitrogen and oxygen atoms in total. The van der Waals surface area contributed by atoms with Crippen molar-refractivity contribution in [1.82, 2.24) is 19.6 Å². The van der Waals surface area contributed by atoms with Crippen molar-refractivity contribution < 1.29 is 22.8 Å². The van der Waals surface area contributed by atoms with Crippen LogP contribution in [0.1, 0.15) is 39.0 Å². The van der Waals surface area contributed by atoms with Crippen LogP contribution in [0.3, 0.4) is 0 Å². The Kier molecular flexibility index (Phi) is 5.69. The molecule has 0 spiro atoms. The van der Waals surface area contributed by atoms with E-state index < -0.39 is 27.7 Å². The van der Waals surface area contributed by atoms with Gasteiger partial charge in [0.05, 0.1) is 18.2 Å². The van der Waals surface area contributed by atoms with E-state index in [2.05, 4.69) is 4.90 Å². The predicted molar refractivity (Wildman–Crippen MR) is 106 cm³/mol. The Balaban J connectivity index is 1.34. The fourth-order valence-electron chi connectivity index (χ4n) is 5.15. The molecule has 0 bridgehead atoms. The van der Waals surface area contributed by atoms with Crippen LogP contribution < -0.4 is 0 Å². The highest BCUT2D eigenvalue weighted by atomic mass is 32.2. The number of hydrogen-bond acceptors (Lipinski definition) is 7. The summed E-state index contributed by atoms with van der Waals surface area (Å²) < 4.78 is 23.4. The van der Waals surface area contributed by atoms with Gasteiger partial charge >= 0.3 is 17.8 Å². The number of sulfone groups is 1. The number of piperazine rings is 1. The molecule has 0 radical (unpaired) electrons. The van der Waals surface area contributed by atoms with Crippen LogP contribution in [-0.2, 0) is 19.4 Å². The molecular formula is C19H30N4O5S. The summed E-state index contributed by atoms with van der Waals surface area (Å²) in [4.78, 5) is 44.4. The van der Waals surface area contributed by atoms with Gasteiger partial charge in [0.1, 0.15) is 0 Å². The minimum atomic E-state index is -2.91. The highest BCUT2D eigenvalue weighted by molar-refractivity contribution is 7.91. The Hall–Kier alpha value is -1.52. The fourth-order valence-corrected chi connectivity index (χ4v) is 6.91. The van der Waals surface area contributed by atoms with E-state index in [1.807, 2.05) is 11.8 Å². The van der Waals surface area contributed by atoms with E-state index >= 15 is 0 Å². The second-order valence-electron chi connectivity index (χ2n) is 8.87. The Labute approximate surface area is 171 Å². The summed E-state index contributed by atoms with van der Waals surface area (Å²) >= 11 is 0. The largest absolute Gasteiger partial charge is 0.335 e. The number of amides is 4. The van der Waals surface area contributed by atoms with Gasteiger partial charge in [0.2, 0.25) is 0 Å². The lowest BCUT2D eigenvalue weighted by atomic mass is 9.85. The molecule has 1 saturated carbocycles. The molecule has 4 fully saturated rings. The molecule has 29 heavy (non-hydrogen) atoms. The van der Waals surface area contributed by atoms with Crippen molar-refractivity contribution in [2.45, 2.75) is 51.1 Å². The normalized spacial score (nSPS) is 34.4. The molecule has 4 aliphatic rings. The molecule has 4 rings (SSSR count). The van der Waals surface area contributed by atoms with E-state index in [0.29, 0.717) is 32.6 Å². The summed E-state index contributed by atoms with van der Waals surface area (Å²) in [5.41, 5.74) is 0. The summed E-state index contributed by atoms with van der Waals surface area (Å²) in [6.07, 6.45) is 4.48. The van der Waals surface area contributed by atoms with Crippen molar-refractivity contribution in [3.63, 3.8) is 0 Å². The summed E-state index contributed by atoms with van der Waals surface area (Å²) in [7, 11) is -2.91. The average Bonchev–Trinajstić information content (AvgIpc) is 3.15. The van der Waals surface area contributed by atoms with Gasteiger partial charge in [-0.1, -0.05) is 19.8 Å². The van der Waals surface area contributed by atoms with Gasteiger partial charge in [0, 0.05) is 38.3 Å². The number of hydrogen-bond donors (Lipinski definition) is 0. The lowest BCUT2D eigenvalue weighted by Gasteiger charge is -2.38. The second-order valence-corrected chi connectivity index (χ2v) is 11.1. The maximum absolute atomic E-state index is 12.9. The monoisotopic (exact) mass is 426 g/mol. The van der Waals surface area contributed by atoms with Crippen LogP contribution in [0.4, 0.5) is 4.79 Å². The van der Waals surface area contributed by atoms with Crippen molar-refractivity contribution in [2.75, 3.05) is 44.4 Å². The Morgan fingerprint density at radius 3 is 2.24 bits per heavy atom. The number of nitrogens with zero attached hydrogens (tertiary/aromatic N) is 4. The zero-order chi connectivity index (χ0) is 20.8. The van der Waals surface area contributed by atoms with E-state index in [-0.39, 0.29) is 36.2 Å². The Morgan fingerprint density at radius 2 is 1.62 bits per heavy atom. The molecule has 3 aliphatic heterocycles.